The Morgan fingerprint density at radius 3 is 2.72 bits per heavy atom. The van der Waals surface area contributed by atoms with Gasteiger partial charge in [0.05, 0.1) is 16.9 Å². The lowest BCUT2D eigenvalue weighted by molar-refractivity contribution is 0.0697. The van der Waals surface area contributed by atoms with Crippen LogP contribution in [0.4, 0.5) is 0 Å². The minimum Gasteiger partial charge on any atom is -0.478 e. The Balaban J connectivity index is 2.20. The van der Waals surface area contributed by atoms with Crippen molar-refractivity contribution in [3.05, 3.63) is 71.1 Å². The monoisotopic (exact) mass is 350 g/mol. The molecule has 7 heteroatoms. The first-order valence-corrected chi connectivity index (χ1v) is 7.73. The maximum Gasteiger partial charge on any atom is 0.335 e. The van der Waals surface area contributed by atoms with Gasteiger partial charge in [0.2, 0.25) is 0 Å². The van der Waals surface area contributed by atoms with Crippen LogP contribution in [0.2, 0.25) is 0 Å². The van der Waals surface area contributed by atoms with Crippen LogP contribution in [0.3, 0.4) is 0 Å². The fraction of sp³-hybridized carbons (Fsp3) is 0. The molecule has 0 aliphatic rings. The molecular weight excluding hydrogens is 336 g/mol. The van der Waals surface area contributed by atoms with Crippen LogP contribution < -0.4 is 0 Å². The number of carboxylic acids is 1. The fourth-order valence-electron chi connectivity index (χ4n) is 2.43. The van der Waals surface area contributed by atoms with Crippen LogP contribution >= 0.6 is 12.2 Å². The van der Waals surface area contributed by atoms with Gasteiger partial charge in [-0.2, -0.15) is 5.10 Å². The summed E-state index contributed by atoms with van der Waals surface area (Å²) in [5.41, 5.74) is 2.85. The second-order valence-corrected chi connectivity index (χ2v) is 5.51. The summed E-state index contributed by atoms with van der Waals surface area (Å²) in [7, 11) is 0. The molecule has 0 atom stereocenters. The molecule has 0 saturated heterocycles. The Hall–Kier alpha value is -3.32. The summed E-state index contributed by atoms with van der Waals surface area (Å²) < 4.78 is 1.98. The van der Waals surface area contributed by atoms with Crippen LogP contribution in [0, 0.1) is 4.77 Å². The second kappa shape index (κ2) is 6.66. The van der Waals surface area contributed by atoms with E-state index in [2.05, 4.69) is 28.3 Å². The van der Waals surface area contributed by atoms with Crippen molar-refractivity contribution in [1.29, 1.82) is 0 Å². The van der Waals surface area contributed by atoms with Gasteiger partial charge in [-0.15, -0.1) is 0 Å². The highest BCUT2D eigenvalue weighted by atomic mass is 32.1. The average molecular weight is 350 g/mol. The highest BCUT2D eigenvalue weighted by Gasteiger charge is 2.14. The van der Waals surface area contributed by atoms with Gasteiger partial charge in [-0.1, -0.05) is 31.4 Å². The average Bonchev–Trinajstić information content (AvgIpc) is 3.02. The van der Waals surface area contributed by atoms with E-state index in [4.69, 9.17) is 12.2 Å². The van der Waals surface area contributed by atoms with Crippen LogP contribution in [-0.2, 0) is 0 Å². The molecule has 6 nitrogen and oxygen atoms in total. The molecule has 25 heavy (non-hydrogen) atoms. The van der Waals surface area contributed by atoms with Crippen molar-refractivity contribution in [1.82, 2.24) is 19.7 Å². The van der Waals surface area contributed by atoms with Crippen LogP contribution in [-0.4, -0.2) is 30.8 Å². The number of H-pyrrole nitrogens is 1. The van der Waals surface area contributed by atoms with Gasteiger partial charge in [-0.05, 0) is 48.1 Å². The zero-order valence-electron chi connectivity index (χ0n) is 13.1. The lowest BCUT2D eigenvalue weighted by atomic mass is 10.1. The molecule has 0 amide bonds. The Morgan fingerprint density at radius 1 is 1.24 bits per heavy atom. The highest BCUT2D eigenvalue weighted by Crippen LogP contribution is 2.23. The van der Waals surface area contributed by atoms with E-state index < -0.39 is 5.97 Å². The molecule has 124 valence electrons. The summed E-state index contributed by atoms with van der Waals surface area (Å²) in [4.78, 5) is 15.8. The molecule has 1 aromatic carbocycles. The number of hydrogen-bond acceptors (Lipinski definition) is 4. The third-order valence-electron chi connectivity index (χ3n) is 3.62. The standard InChI is InChI=1S/C18H14N4O2S/c1-3-11-8-9-15(19-14(11)4-2)16-20-21-18(25)22(16)13-7-5-6-12(10-13)17(23)24/h3-10H,1-2H2,(H,21,25)(H,23,24). The Kier molecular flexibility index (Phi) is 4.40. The summed E-state index contributed by atoms with van der Waals surface area (Å²) in [5, 5.41) is 16.2. The van der Waals surface area contributed by atoms with Crippen molar-refractivity contribution < 1.29 is 9.90 Å². The van der Waals surface area contributed by atoms with Crippen molar-refractivity contribution in [2.75, 3.05) is 0 Å². The van der Waals surface area contributed by atoms with Crippen molar-refractivity contribution in [2.24, 2.45) is 0 Å². The number of hydrogen-bond donors (Lipinski definition) is 2. The SMILES string of the molecule is C=Cc1ccc(-c2n[nH]c(=S)n2-c2cccc(C(=O)O)c2)nc1C=C. The summed E-state index contributed by atoms with van der Waals surface area (Å²) in [6, 6.07) is 10.1. The van der Waals surface area contributed by atoms with E-state index in [1.807, 2.05) is 6.07 Å². The molecule has 2 N–H and O–H groups in total. The van der Waals surface area contributed by atoms with Gasteiger partial charge in [0.15, 0.2) is 10.6 Å². The molecule has 0 spiro atoms. The van der Waals surface area contributed by atoms with Gasteiger partial charge in [-0.3, -0.25) is 9.67 Å². The number of carbonyl (C=O) groups is 1. The summed E-state index contributed by atoms with van der Waals surface area (Å²) in [5.74, 6) is -0.535. The van der Waals surface area contributed by atoms with Crippen molar-refractivity contribution in [3.63, 3.8) is 0 Å². The minimum atomic E-state index is -1.01. The molecule has 0 saturated carbocycles. The van der Waals surface area contributed by atoms with Gasteiger partial charge >= 0.3 is 5.97 Å². The van der Waals surface area contributed by atoms with E-state index >= 15 is 0 Å². The quantitative estimate of drug-likeness (QED) is 0.680. The molecule has 0 bridgehead atoms. The number of aromatic nitrogens is 4. The van der Waals surface area contributed by atoms with E-state index in [9.17, 15) is 9.90 Å². The Morgan fingerprint density at radius 2 is 2.04 bits per heavy atom. The third-order valence-corrected chi connectivity index (χ3v) is 3.90. The first-order chi connectivity index (χ1) is 12.0. The van der Waals surface area contributed by atoms with Crippen LogP contribution in [0.15, 0.2) is 49.6 Å². The van der Waals surface area contributed by atoms with Crippen molar-refractivity contribution in [3.8, 4) is 17.2 Å². The molecule has 3 aromatic rings. The molecule has 3 rings (SSSR count). The smallest absolute Gasteiger partial charge is 0.335 e. The maximum atomic E-state index is 11.2. The number of carboxylic acid groups (broad SMARTS) is 1. The van der Waals surface area contributed by atoms with Gasteiger partial charge in [0, 0.05) is 0 Å². The van der Waals surface area contributed by atoms with Crippen LogP contribution in [0.1, 0.15) is 21.6 Å². The predicted molar refractivity (Wildman–Crippen MR) is 99.1 cm³/mol. The lowest BCUT2D eigenvalue weighted by Gasteiger charge is -2.09. The number of aromatic carboxylic acids is 1. The topological polar surface area (TPSA) is 83.8 Å². The maximum absolute atomic E-state index is 11.2. The summed E-state index contributed by atoms with van der Waals surface area (Å²) >= 11 is 5.31. The molecule has 0 fully saturated rings. The first kappa shape index (κ1) is 16.5. The Bertz CT molecular complexity index is 1050. The molecule has 0 unspecified atom stereocenters. The van der Waals surface area contributed by atoms with Crippen LogP contribution in [0.25, 0.3) is 29.4 Å². The number of nitrogens with one attached hydrogen (secondary N) is 1. The molecule has 0 aliphatic heterocycles. The second-order valence-electron chi connectivity index (χ2n) is 5.12. The first-order valence-electron chi connectivity index (χ1n) is 7.32. The number of aromatic amines is 1. The predicted octanol–water partition coefficient (Wildman–Crippen LogP) is 3.98. The van der Waals surface area contributed by atoms with Crippen molar-refractivity contribution in [2.45, 2.75) is 0 Å². The van der Waals surface area contributed by atoms with Gasteiger partial charge < -0.3 is 5.11 Å². The molecule has 2 aromatic heterocycles. The molecule has 2 heterocycles. The fourth-order valence-corrected chi connectivity index (χ4v) is 2.67. The van der Waals surface area contributed by atoms with Gasteiger partial charge in [-0.25, -0.2) is 9.78 Å². The van der Waals surface area contributed by atoms with Gasteiger partial charge in [0.1, 0.15) is 5.69 Å². The van der Waals surface area contributed by atoms with E-state index in [0.29, 0.717) is 27.7 Å². The van der Waals surface area contributed by atoms with Gasteiger partial charge in [0.25, 0.3) is 0 Å². The van der Waals surface area contributed by atoms with E-state index in [1.54, 1.807) is 34.9 Å². The number of benzene rings is 1. The summed E-state index contributed by atoms with van der Waals surface area (Å²) in [6.07, 6.45) is 3.33. The Labute approximate surface area is 148 Å². The number of rotatable bonds is 5. The number of pyridine rings is 1. The lowest BCUT2D eigenvalue weighted by Crippen LogP contribution is -2.03. The van der Waals surface area contributed by atoms with E-state index in [1.165, 1.54) is 12.1 Å². The highest BCUT2D eigenvalue weighted by molar-refractivity contribution is 7.71. The summed E-state index contributed by atoms with van der Waals surface area (Å²) in [6.45, 7) is 7.51. The molecule has 0 aliphatic carbocycles. The third kappa shape index (κ3) is 3.05. The largest absolute Gasteiger partial charge is 0.478 e. The normalized spacial score (nSPS) is 10.4. The molecule has 0 radical (unpaired) electrons. The minimum absolute atomic E-state index is 0.160. The zero-order valence-corrected chi connectivity index (χ0v) is 14.0. The van der Waals surface area contributed by atoms with Crippen molar-refractivity contribution >= 4 is 30.3 Å². The zero-order chi connectivity index (χ0) is 18.0. The van der Waals surface area contributed by atoms with E-state index in [-0.39, 0.29) is 5.56 Å². The van der Waals surface area contributed by atoms with E-state index in [0.717, 1.165) is 5.56 Å². The number of nitrogens with zero attached hydrogens (tertiary/aromatic N) is 3. The van der Waals surface area contributed by atoms with Crippen LogP contribution in [0.5, 0.6) is 0 Å². The molecular formula is C18H14N4O2S.